The number of carboxylic acids is 2. The van der Waals surface area contributed by atoms with Gasteiger partial charge in [-0.1, -0.05) is 0 Å². The highest BCUT2D eigenvalue weighted by atomic mass is 35.5. The minimum absolute atomic E-state index is 0. The molecule has 24 heavy (non-hydrogen) atoms. The van der Waals surface area contributed by atoms with Crippen LogP contribution in [0.5, 0.6) is 0 Å². The fourth-order valence-electron chi connectivity index (χ4n) is 3.29. The van der Waals surface area contributed by atoms with Gasteiger partial charge in [-0.15, -0.1) is 24.8 Å². The molecule has 2 aliphatic rings. The van der Waals surface area contributed by atoms with E-state index in [1.807, 2.05) is 0 Å². The van der Waals surface area contributed by atoms with E-state index in [1.165, 1.54) is 0 Å². The molecule has 0 saturated heterocycles. The third-order valence-electron chi connectivity index (χ3n) is 5.06. The Morgan fingerprint density at radius 2 is 0.917 bits per heavy atom. The molecular weight excluding hydrogens is 355 g/mol. The van der Waals surface area contributed by atoms with Gasteiger partial charge in [0.15, 0.2) is 0 Å². The predicted molar refractivity (Wildman–Crippen MR) is 98.8 cm³/mol. The summed E-state index contributed by atoms with van der Waals surface area (Å²) >= 11 is 0. The highest BCUT2D eigenvalue weighted by Gasteiger charge is 2.25. The highest BCUT2D eigenvalue weighted by Crippen LogP contribution is 2.28. The van der Waals surface area contributed by atoms with Crippen molar-refractivity contribution in [3.05, 3.63) is 0 Å². The first-order valence-electron chi connectivity index (χ1n) is 8.33. The van der Waals surface area contributed by atoms with E-state index in [4.69, 9.17) is 21.7 Å². The van der Waals surface area contributed by atoms with E-state index in [0.717, 1.165) is 51.4 Å². The first-order valence-corrected chi connectivity index (χ1v) is 8.33. The number of rotatable bonds is 4. The van der Waals surface area contributed by atoms with Gasteiger partial charge in [0.2, 0.25) is 0 Å². The molecule has 0 radical (unpaired) electrons. The Morgan fingerprint density at radius 1 is 0.667 bits per heavy atom. The number of hydrogen-bond acceptors (Lipinski definition) is 4. The van der Waals surface area contributed by atoms with Crippen LogP contribution < -0.4 is 11.5 Å². The highest BCUT2D eigenvalue weighted by molar-refractivity contribution is 5.85. The molecule has 144 valence electrons. The molecule has 0 aromatic rings. The fraction of sp³-hybridized carbons (Fsp3) is 0.875. The van der Waals surface area contributed by atoms with Crippen LogP contribution in [0.4, 0.5) is 0 Å². The van der Waals surface area contributed by atoms with Gasteiger partial charge in [0.05, 0.1) is 11.8 Å². The molecule has 2 saturated carbocycles. The summed E-state index contributed by atoms with van der Waals surface area (Å²) < 4.78 is 0. The maximum atomic E-state index is 10.5. The minimum Gasteiger partial charge on any atom is -0.481 e. The van der Waals surface area contributed by atoms with Gasteiger partial charge in [-0.3, -0.25) is 9.59 Å². The SMILES string of the molecule is Cl.Cl.NCC1CCC(C(=O)O)CC1.NCC1CCC(C(=O)O)CC1. The zero-order valence-corrected chi connectivity index (χ0v) is 15.7. The lowest BCUT2D eigenvalue weighted by Gasteiger charge is -2.24. The first kappa shape index (κ1) is 25.7. The number of aliphatic carboxylic acids is 2. The van der Waals surface area contributed by atoms with Crippen LogP contribution in [0.2, 0.25) is 0 Å². The normalized spacial score (nSPS) is 29.1. The molecule has 0 amide bonds. The first-order chi connectivity index (χ1) is 10.5. The molecule has 2 rings (SSSR count). The number of nitrogens with two attached hydrogens (primary N) is 2. The molecular formula is C16H32Cl2N2O4. The Labute approximate surface area is 156 Å². The molecule has 0 spiro atoms. The van der Waals surface area contributed by atoms with Gasteiger partial charge >= 0.3 is 11.9 Å². The standard InChI is InChI=1S/2C8H15NO2.2ClH/c2*9-5-6-1-3-7(4-2-6)8(10)11;;/h2*6-7H,1-5,9H2,(H,10,11);2*1H. The molecule has 0 bridgehead atoms. The molecule has 0 atom stereocenters. The van der Waals surface area contributed by atoms with Crippen LogP contribution in [0.1, 0.15) is 51.4 Å². The van der Waals surface area contributed by atoms with Crippen LogP contribution in [0, 0.1) is 23.7 Å². The maximum Gasteiger partial charge on any atom is 0.306 e. The van der Waals surface area contributed by atoms with Gasteiger partial charge < -0.3 is 21.7 Å². The second-order valence-corrected chi connectivity index (χ2v) is 6.58. The zero-order valence-electron chi connectivity index (χ0n) is 14.1. The third-order valence-corrected chi connectivity index (χ3v) is 5.06. The van der Waals surface area contributed by atoms with Crippen LogP contribution in [-0.4, -0.2) is 35.2 Å². The molecule has 0 aromatic carbocycles. The smallest absolute Gasteiger partial charge is 0.306 e. The van der Waals surface area contributed by atoms with Crippen molar-refractivity contribution in [2.24, 2.45) is 35.1 Å². The summed E-state index contributed by atoms with van der Waals surface area (Å²) in [5.41, 5.74) is 11.0. The number of halogens is 2. The lowest BCUT2D eigenvalue weighted by Crippen LogP contribution is -2.25. The Morgan fingerprint density at radius 3 is 1.08 bits per heavy atom. The number of hydrogen-bond donors (Lipinski definition) is 4. The van der Waals surface area contributed by atoms with Crippen molar-refractivity contribution in [1.82, 2.24) is 0 Å². The van der Waals surface area contributed by atoms with Crippen LogP contribution in [-0.2, 0) is 9.59 Å². The molecule has 0 aliphatic heterocycles. The Balaban J connectivity index is 0. The largest absolute Gasteiger partial charge is 0.481 e. The molecule has 0 aromatic heterocycles. The van der Waals surface area contributed by atoms with Gasteiger partial charge in [-0.2, -0.15) is 0 Å². The molecule has 6 N–H and O–H groups in total. The monoisotopic (exact) mass is 386 g/mol. The fourth-order valence-corrected chi connectivity index (χ4v) is 3.29. The van der Waals surface area contributed by atoms with E-state index in [1.54, 1.807) is 0 Å². The second kappa shape index (κ2) is 13.7. The van der Waals surface area contributed by atoms with Crippen molar-refractivity contribution in [2.45, 2.75) is 51.4 Å². The Hall–Kier alpha value is -0.560. The van der Waals surface area contributed by atoms with E-state index in [9.17, 15) is 9.59 Å². The second-order valence-electron chi connectivity index (χ2n) is 6.58. The zero-order chi connectivity index (χ0) is 16.5. The van der Waals surface area contributed by atoms with Crippen molar-refractivity contribution >= 4 is 36.8 Å². The predicted octanol–water partition coefficient (Wildman–Crippen LogP) is 2.52. The average molecular weight is 387 g/mol. The topological polar surface area (TPSA) is 127 Å². The molecule has 6 nitrogen and oxygen atoms in total. The summed E-state index contributed by atoms with van der Waals surface area (Å²) in [5, 5.41) is 17.3. The number of carbonyl (C=O) groups is 2. The van der Waals surface area contributed by atoms with Gasteiger partial charge in [0.25, 0.3) is 0 Å². The van der Waals surface area contributed by atoms with E-state index < -0.39 is 11.9 Å². The van der Waals surface area contributed by atoms with Gasteiger partial charge in [0, 0.05) is 0 Å². The van der Waals surface area contributed by atoms with Crippen molar-refractivity contribution in [3.8, 4) is 0 Å². The van der Waals surface area contributed by atoms with E-state index in [2.05, 4.69) is 0 Å². The third kappa shape index (κ3) is 9.06. The minimum atomic E-state index is -0.638. The number of carboxylic acid groups (broad SMARTS) is 2. The molecule has 0 unspecified atom stereocenters. The van der Waals surface area contributed by atoms with Crippen LogP contribution in [0.15, 0.2) is 0 Å². The molecule has 8 heteroatoms. The summed E-state index contributed by atoms with van der Waals surface area (Å²) in [4.78, 5) is 21.0. The maximum absolute atomic E-state index is 10.5. The summed E-state index contributed by atoms with van der Waals surface area (Å²) in [6, 6.07) is 0. The van der Waals surface area contributed by atoms with Gasteiger partial charge in [0.1, 0.15) is 0 Å². The van der Waals surface area contributed by atoms with Crippen LogP contribution in [0.3, 0.4) is 0 Å². The van der Waals surface area contributed by atoms with E-state index in [-0.39, 0.29) is 36.6 Å². The Bertz CT molecular complexity index is 322. The van der Waals surface area contributed by atoms with E-state index in [0.29, 0.717) is 24.9 Å². The lowest BCUT2D eigenvalue weighted by atomic mass is 9.82. The van der Waals surface area contributed by atoms with Crippen molar-refractivity contribution in [3.63, 3.8) is 0 Å². The summed E-state index contributed by atoms with van der Waals surface area (Å²) in [6.45, 7) is 1.43. The molecule has 2 aliphatic carbocycles. The van der Waals surface area contributed by atoms with Crippen molar-refractivity contribution in [1.29, 1.82) is 0 Å². The Kier molecular flexibility index (Phi) is 14.7. The quantitative estimate of drug-likeness (QED) is 0.587. The van der Waals surface area contributed by atoms with Gasteiger partial charge in [-0.25, -0.2) is 0 Å². The van der Waals surface area contributed by atoms with Crippen molar-refractivity contribution < 1.29 is 19.8 Å². The van der Waals surface area contributed by atoms with Crippen molar-refractivity contribution in [2.75, 3.05) is 13.1 Å². The van der Waals surface area contributed by atoms with Crippen LogP contribution in [0.25, 0.3) is 0 Å². The van der Waals surface area contributed by atoms with Crippen LogP contribution >= 0.6 is 24.8 Å². The summed E-state index contributed by atoms with van der Waals surface area (Å²) in [5.74, 6) is -0.326. The van der Waals surface area contributed by atoms with E-state index >= 15 is 0 Å². The average Bonchev–Trinajstić information content (AvgIpc) is 2.55. The summed E-state index contributed by atoms with van der Waals surface area (Å²) in [6.07, 6.45) is 7.24. The molecule has 0 heterocycles. The lowest BCUT2D eigenvalue weighted by molar-refractivity contribution is -0.144. The molecule has 2 fully saturated rings. The summed E-state index contributed by atoms with van der Waals surface area (Å²) in [7, 11) is 0. The van der Waals surface area contributed by atoms with Gasteiger partial charge in [-0.05, 0) is 76.3 Å².